The highest BCUT2D eigenvalue weighted by molar-refractivity contribution is 5.79. The number of nitrogens with zero attached hydrogens (tertiary/aromatic N) is 8. The molecule has 3 amide bonds. The Bertz CT molecular complexity index is 2370. The highest BCUT2D eigenvalue weighted by Crippen LogP contribution is 2.28. The fraction of sp³-hybridized carbons (Fsp3) is 0.347. The van der Waals surface area contributed by atoms with Crippen LogP contribution in [0, 0.1) is 11.6 Å². The molecule has 1 aromatic heterocycles. The molecule has 14 heteroatoms. The highest BCUT2D eigenvalue weighted by Gasteiger charge is 2.30. The molecular formula is C49H56F2N8O4. The number of urea groups is 1. The van der Waals surface area contributed by atoms with Crippen molar-refractivity contribution in [1.29, 1.82) is 0 Å². The second kappa shape index (κ2) is 20.7. The lowest BCUT2D eigenvalue weighted by Gasteiger charge is -2.38. The number of likely N-dealkylation sites (tertiary alicyclic amines) is 2. The Hall–Kier alpha value is -6.38. The summed E-state index contributed by atoms with van der Waals surface area (Å²) in [5.41, 5.74) is 5.54. The van der Waals surface area contributed by atoms with E-state index in [1.807, 2.05) is 18.0 Å². The van der Waals surface area contributed by atoms with Gasteiger partial charge in [-0.2, -0.15) is 0 Å². The number of piperidine rings is 2. The first kappa shape index (κ1) is 44.7. The zero-order valence-corrected chi connectivity index (χ0v) is 36.5. The Kier molecular flexibility index (Phi) is 14.6. The third-order valence-electron chi connectivity index (χ3n) is 12.2. The van der Waals surface area contributed by atoms with Gasteiger partial charge in [0.2, 0.25) is 0 Å². The molecule has 2 aliphatic heterocycles. The summed E-state index contributed by atoms with van der Waals surface area (Å²) >= 11 is 0. The van der Waals surface area contributed by atoms with Gasteiger partial charge in [0.05, 0.1) is 25.6 Å². The predicted octanol–water partition coefficient (Wildman–Crippen LogP) is 8.63. The van der Waals surface area contributed by atoms with Crippen molar-refractivity contribution in [1.82, 2.24) is 34.1 Å². The average molecular weight is 859 g/mol. The number of ether oxygens (including phenoxy) is 2. The molecule has 0 bridgehead atoms. The lowest BCUT2D eigenvalue weighted by Crippen LogP contribution is -2.48. The van der Waals surface area contributed by atoms with Gasteiger partial charge in [-0.3, -0.25) is 19.4 Å². The fourth-order valence-corrected chi connectivity index (χ4v) is 8.47. The summed E-state index contributed by atoms with van der Waals surface area (Å²) in [5, 5.41) is 0. The van der Waals surface area contributed by atoms with Gasteiger partial charge in [-0.25, -0.2) is 23.4 Å². The highest BCUT2D eigenvalue weighted by atomic mass is 19.1. The Balaban J connectivity index is 0.966. The topological polar surface area (TPSA) is 99.0 Å². The van der Waals surface area contributed by atoms with Crippen LogP contribution in [-0.2, 0) is 19.6 Å². The Labute approximate surface area is 368 Å². The molecule has 0 unspecified atom stereocenters. The van der Waals surface area contributed by atoms with Crippen LogP contribution in [-0.4, -0.2) is 119 Å². The molecule has 330 valence electrons. The van der Waals surface area contributed by atoms with E-state index in [0.29, 0.717) is 29.1 Å². The summed E-state index contributed by atoms with van der Waals surface area (Å²) in [7, 11) is 6.32. The number of carbonyl (C=O) groups is 2. The summed E-state index contributed by atoms with van der Waals surface area (Å²) < 4.78 is 40.3. The largest absolute Gasteiger partial charge is 0.494 e. The molecule has 0 spiro atoms. The molecule has 0 aliphatic carbocycles. The summed E-state index contributed by atoms with van der Waals surface area (Å²) in [6.07, 6.45) is 8.10. The van der Waals surface area contributed by atoms with Crippen molar-refractivity contribution in [3.8, 4) is 22.8 Å². The number of carbonyl (C=O) groups excluding carboxylic acids is 2. The molecule has 12 nitrogen and oxygen atoms in total. The Morgan fingerprint density at radius 1 is 0.778 bits per heavy atom. The van der Waals surface area contributed by atoms with Crippen LogP contribution in [0.4, 0.5) is 18.4 Å². The van der Waals surface area contributed by atoms with Crippen molar-refractivity contribution in [2.45, 2.75) is 57.4 Å². The number of aromatic nitrogens is 2. The fourth-order valence-electron chi connectivity index (χ4n) is 8.47. The SMILES string of the molecule is C=NC(=CN(C)C(=O)N(C)C1CCN(Cc2ccc(CN(C(=O)n3cnc(-c4ccc(OC)c(F)c4)c3)C3CCN(Cc4ccccc4)CC3)cc2)CC1)c1ccc(F)c(OC)c1. The van der Waals surface area contributed by atoms with Crippen LogP contribution >= 0.6 is 0 Å². The number of hydrogen-bond acceptors (Lipinski definition) is 8. The predicted molar refractivity (Wildman–Crippen MR) is 241 cm³/mol. The number of imidazole rings is 1. The van der Waals surface area contributed by atoms with Gasteiger partial charge in [0.1, 0.15) is 6.33 Å². The summed E-state index contributed by atoms with van der Waals surface area (Å²) in [6.45, 7) is 9.14. The summed E-state index contributed by atoms with van der Waals surface area (Å²) in [5.74, 6) is -0.742. The zero-order chi connectivity index (χ0) is 44.5. The van der Waals surface area contributed by atoms with E-state index in [2.05, 4.69) is 75.0 Å². The molecular weight excluding hydrogens is 803 g/mol. The molecule has 4 aromatic carbocycles. The maximum Gasteiger partial charge on any atom is 0.329 e. The van der Waals surface area contributed by atoms with Crippen LogP contribution in [0.15, 0.2) is 115 Å². The van der Waals surface area contributed by atoms with Crippen molar-refractivity contribution in [3.05, 3.63) is 144 Å². The van der Waals surface area contributed by atoms with E-state index in [0.717, 1.165) is 70.5 Å². The number of amides is 3. The Morgan fingerprint density at radius 3 is 2.02 bits per heavy atom. The Morgan fingerprint density at radius 2 is 1.40 bits per heavy atom. The molecule has 2 aliphatic rings. The average Bonchev–Trinajstić information content (AvgIpc) is 3.82. The van der Waals surface area contributed by atoms with Gasteiger partial charge in [0.15, 0.2) is 23.1 Å². The standard InChI is InChI=1S/C49H56F2N8O4/c1-52-44(39-15-17-42(50)47(28-39)63-5)32-54(2)48(60)55(3)40-19-23-56(24-20-40)30-36-11-13-37(14-12-36)31-59(41-21-25-57(26-22-41)29-35-9-7-6-8-10-35)49(61)58-33-45(53-34-58)38-16-18-46(62-4)43(51)27-38/h6-18,27-28,32-34,40-41H,1,19-26,29-31H2,2-5H3. The molecule has 63 heavy (non-hydrogen) atoms. The van der Waals surface area contributed by atoms with E-state index in [9.17, 15) is 18.4 Å². The number of benzene rings is 4. The number of rotatable bonds is 14. The number of aliphatic imine (C=N–C) groups is 1. The summed E-state index contributed by atoms with van der Waals surface area (Å²) in [4.78, 5) is 46.4. The second-order valence-corrected chi connectivity index (χ2v) is 16.3. The minimum atomic E-state index is -0.492. The van der Waals surface area contributed by atoms with Gasteiger partial charge in [-0.1, -0.05) is 54.6 Å². The molecule has 0 saturated carbocycles. The van der Waals surface area contributed by atoms with Gasteiger partial charge in [-0.15, -0.1) is 0 Å². The van der Waals surface area contributed by atoms with E-state index in [4.69, 9.17) is 9.47 Å². The second-order valence-electron chi connectivity index (χ2n) is 16.3. The van der Waals surface area contributed by atoms with Crippen LogP contribution < -0.4 is 9.47 Å². The zero-order valence-electron chi connectivity index (χ0n) is 36.5. The maximum absolute atomic E-state index is 14.6. The van der Waals surface area contributed by atoms with Crippen molar-refractivity contribution in [2.24, 2.45) is 4.99 Å². The number of halogens is 2. The molecule has 2 fully saturated rings. The van der Waals surface area contributed by atoms with Gasteiger partial charge in [0, 0.05) is 95.5 Å². The van der Waals surface area contributed by atoms with Crippen molar-refractivity contribution >= 4 is 24.5 Å². The van der Waals surface area contributed by atoms with E-state index < -0.39 is 11.6 Å². The first-order valence-electron chi connectivity index (χ1n) is 21.3. The van der Waals surface area contributed by atoms with Crippen LogP contribution in [0.5, 0.6) is 11.5 Å². The van der Waals surface area contributed by atoms with Crippen LogP contribution in [0.25, 0.3) is 17.0 Å². The van der Waals surface area contributed by atoms with Crippen molar-refractivity contribution in [2.75, 3.05) is 54.5 Å². The van der Waals surface area contributed by atoms with Gasteiger partial charge >= 0.3 is 12.1 Å². The number of methoxy groups -OCH3 is 2. The quantitative estimate of drug-likeness (QED) is 0.103. The van der Waals surface area contributed by atoms with Gasteiger partial charge in [-0.05, 0) is 85.5 Å². The lowest BCUT2D eigenvalue weighted by atomic mass is 10.0. The van der Waals surface area contributed by atoms with Crippen LogP contribution in [0.2, 0.25) is 0 Å². The van der Waals surface area contributed by atoms with E-state index in [1.54, 1.807) is 42.5 Å². The van der Waals surface area contributed by atoms with Crippen LogP contribution in [0.3, 0.4) is 0 Å². The van der Waals surface area contributed by atoms with Gasteiger partial charge in [0.25, 0.3) is 0 Å². The normalized spacial score (nSPS) is 15.5. The minimum absolute atomic E-state index is 0.0233. The first-order valence-corrected chi connectivity index (χ1v) is 21.3. The van der Waals surface area contributed by atoms with Crippen molar-refractivity contribution in [3.63, 3.8) is 0 Å². The van der Waals surface area contributed by atoms with E-state index in [-0.39, 0.29) is 35.6 Å². The van der Waals surface area contributed by atoms with E-state index in [1.165, 1.54) is 59.3 Å². The maximum atomic E-state index is 14.6. The molecule has 5 aromatic rings. The molecule has 2 saturated heterocycles. The molecule has 0 N–H and O–H groups in total. The molecule has 3 heterocycles. The van der Waals surface area contributed by atoms with Crippen LogP contribution in [0.1, 0.15) is 47.9 Å². The first-order chi connectivity index (χ1) is 30.5. The molecule has 0 atom stereocenters. The van der Waals surface area contributed by atoms with Gasteiger partial charge < -0.3 is 24.2 Å². The summed E-state index contributed by atoms with van der Waals surface area (Å²) in [6, 6.07) is 27.7. The molecule has 7 rings (SSSR count). The number of hydrogen-bond donors (Lipinski definition) is 0. The smallest absolute Gasteiger partial charge is 0.329 e. The lowest BCUT2D eigenvalue weighted by molar-refractivity contribution is 0.114. The van der Waals surface area contributed by atoms with Crippen molar-refractivity contribution < 1.29 is 27.8 Å². The van der Waals surface area contributed by atoms with E-state index >= 15 is 0 Å². The third kappa shape index (κ3) is 11.0. The third-order valence-corrected chi connectivity index (χ3v) is 12.2. The minimum Gasteiger partial charge on any atom is -0.494 e. The molecule has 0 radical (unpaired) electrons. The monoisotopic (exact) mass is 858 g/mol.